The second-order valence-corrected chi connectivity index (χ2v) is 5.30. The Balaban J connectivity index is 2.02. The van der Waals surface area contributed by atoms with Gasteiger partial charge in [-0.2, -0.15) is 0 Å². The van der Waals surface area contributed by atoms with Gasteiger partial charge in [0.25, 0.3) is 0 Å². The summed E-state index contributed by atoms with van der Waals surface area (Å²) in [6.07, 6.45) is -0.592. The van der Waals surface area contributed by atoms with E-state index in [9.17, 15) is 5.11 Å². The summed E-state index contributed by atoms with van der Waals surface area (Å²) in [7, 11) is 1.63. The van der Waals surface area contributed by atoms with Crippen LogP contribution in [0.4, 0.5) is 0 Å². The summed E-state index contributed by atoms with van der Waals surface area (Å²) >= 11 is 0. The molecule has 0 saturated heterocycles. The highest BCUT2D eigenvalue weighted by Crippen LogP contribution is 2.26. The van der Waals surface area contributed by atoms with E-state index < -0.39 is 6.10 Å². The van der Waals surface area contributed by atoms with Crippen LogP contribution in [-0.4, -0.2) is 18.8 Å². The zero-order valence-electron chi connectivity index (χ0n) is 12.8. The van der Waals surface area contributed by atoms with Crippen LogP contribution in [0.5, 0.6) is 5.75 Å². The van der Waals surface area contributed by atoms with E-state index in [2.05, 4.69) is 24.4 Å². The highest BCUT2D eigenvalue weighted by molar-refractivity contribution is 5.38. The molecule has 2 aromatic rings. The van der Waals surface area contributed by atoms with Crippen molar-refractivity contribution in [1.82, 2.24) is 5.32 Å². The Morgan fingerprint density at radius 2 is 1.86 bits per heavy atom. The van der Waals surface area contributed by atoms with Crippen molar-refractivity contribution in [2.45, 2.75) is 26.0 Å². The second kappa shape index (κ2) is 7.25. The molecule has 2 atom stereocenters. The van der Waals surface area contributed by atoms with Gasteiger partial charge in [-0.25, -0.2) is 0 Å². The Bertz CT molecular complexity index is 569. The molecule has 2 aromatic carbocycles. The van der Waals surface area contributed by atoms with Gasteiger partial charge in [0, 0.05) is 18.2 Å². The molecule has 0 aliphatic rings. The molecule has 2 N–H and O–H groups in total. The first-order chi connectivity index (χ1) is 10.1. The van der Waals surface area contributed by atoms with Gasteiger partial charge in [-0.3, -0.25) is 0 Å². The predicted octanol–water partition coefficient (Wildman–Crippen LogP) is 3.39. The number of hydrogen-bond acceptors (Lipinski definition) is 3. The van der Waals surface area contributed by atoms with Gasteiger partial charge >= 0.3 is 0 Å². The molecule has 3 nitrogen and oxygen atoms in total. The number of methoxy groups -OCH3 is 1. The molecule has 1 unspecified atom stereocenters. The Morgan fingerprint density at radius 3 is 2.52 bits per heavy atom. The number of aliphatic hydroxyl groups excluding tert-OH is 1. The number of ether oxygens (including phenoxy) is 1. The fraction of sp³-hybridized carbons (Fsp3) is 0.333. The third-order valence-electron chi connectivity index (χ3n) is 3.66. The van der Waals surface area contributed by atoms with Crippen LogP contribution in [0.1, 0.15) is 35.8 Å². The van der Waals surface area contributed by atoms with Crippen LogP contribution in [0.2, 0.25) is 0 Å². The zero-order chi connectivity index (χ0) is 15.2. The summed E-state index contributed by atoms with van der Waals surface area (Å²) < 4.78 is 5.33. The minimum atomic E-state index is -0.592. The first-order valence-corrected chi connectivity index (χ1v) is 7.22. The van der Waals surface area contributed by atoms with E-state index in [0.717, 1.165) is 16.9 Å². The van der Waals surface area contributed by atoms with Crippen molar-refractivity contribution in [3.05, 3.63) is 65.2 Å². The summed E-state index contributed by atoms with van der Waals surface area (Å²) in [5.41, 5.74) is 3.15. The number of aryl methyl sites for hydroxylation is 1. The minimum Gasteiger partial charge on any atom is -0.496 e. The molecule has 0 saturated carbocycles. The van der Waals surface area contributed by atoms with E-state index in [1.54, 1.807) is 7.11 Å². The Labute approximate surface area is 126 Å². The fourth-order valence-corrected chi connectivity index (χ4v) is 2.37. The summed E-state index contributed by atoms with van der Waals surface area (Å²) in [6, 6.07) is 16.2. The first kappa shape index (κ1) is 15.5. The molecule has 0 aliphatic carbocycles. The highest BCUT2D eigenvalue weighted by atomic mass is 16.5. The topological polar surface area (TPSA) is 41.5 Å². The average molecular weight is 285 g/mol. The monoisotopic (exact) mass is 285 g/mol. The maximum atomic E-state index is 10.4. The zero-order valence-corrected chi connectivity index (χ0v) is 12.8. The summed E-state index contributed by atoms with van der Waals surface area (Å²) in [6.45, 7) is 4.58. The Morgan fingerprint density at radius 1 is 1.14 bits per heavy atom. The predicted molar refractivity (Wildman–Crippen MR) is 85.6 cm³/mol. The van der Waals surface area contributed by atoms with Crippen LogP contribution in [0.3, 0.4) is 0 Å². The Hall–Kier alpha value is -1.84. The van der Waals surface area contributed by atoms with Crippen molar-refractivity contribution >= 4 is 0 Å². The lowest BCUT2D eigenvalue weighted by Crippen LogP contribution is -2.25. The van der Waals surface area contributed by atoms with Crippen molar-refractivity contribution < 1.29 is 9.84 Å². The third kappa shape index (κ3) is 4.06. The molecule has 0 aromatic heterocycles. The molecule has 0 spiro atoms. The van der Waals surface area contributed by atoms with E-state index in [4.69, 9.17) is 4.74 Å². The van der Waals surface area contributed by atoms with E-state index in [1.807, 2.05) is 43.3 Å². The molecule has 0 amide bonds. The molecule has 3 heteroatoms. The van der Waals surface area contributed by atoms with Crippen molar-refractivity contribution in [3.63, 3.8) is 0 Å². The van der Waals surface area contributed by atoms with Gasteiger partial charge < -0.3 is 15.2 Å². The van der Waals surface area contributed by atoms with Crippen LogP contribution in [0.25, 0.3) is 0 Å². The second-order valence-electron chi connectivity index (χ2n) is 5.30. The van der Waals surface area contributed by atoms with Crippen LogP contribution >= 0.6 is 0 Å². The van der Waals surface area contributed by atoms with Crippen molar-refractivity contribution in [1.29, 1.82) is 0 Å². The normalized spacial score (nSPS) is 13.7. The molecule has 0 aliphatic heterocycles. The number of hydrogen-bond donors (Lipinski definition) is 2. The first-order valence-electron chi connectivity index (χ1n) is 7.22. The van der Waals surface area contributed by atoms with Gasteiger partial charge in [-0.15, -0.1) is 0 Å². The van der Waals surface area contributed by atoms with Gasteiger partial charge in [0.1, 0.15) is 5.75 Å². The lowest BCUT2D eigenvalue weighted by Gasteiger charge is -2.19. The van der Waals surface area contributed by atoms with Crippen LogP contribution in [-0.2, 0) is 0 Å². The Kier molecular flexibility index (Phi) is 5.37. The van der Waals surface area contributed by atoms with Gasteiger partial charge in [0.05, 0.1) is 13.2 Å². The molecular weight excluding hydrogens is 262 g/mol. The summed E-state index contributed by atoms with van der Waals surface area (Å²) in [5, 5.41) is 13.8. The number of aliphatic hydroxyl groups is 1. The van der Waals surface area contributed by atoms with E-state index in [0.29, 0.717) is 6.54 Å². The highest BCUT2D eigenvalue weighted by Gasteiger charge is 2.15. The minimum absolute atomic E-state index is 0.191. The molecule has 2 rings (SSSR count). The third-order valence-corrected chi connectivity index (χ3v) is 3.66. The number of benzene rings is 2. The SMILES string of the molecule is COc1ccc(C)cc1C(O)CN[C@@H](C)c1ccccc1. The molecule has 0 heterocycles. The van der Waals surface area contributed by atoms with Gasteiger partial charge in [0.2, 0.25) is 0 Å². The van der Waals surface area contributed by atoms with Gasteiger partial charge in [-0.1, -0.05) is 42.0 Å². The number of nitrogens with one attached hydrogen (secondary N) is 1. The van der Waals surface area contributed by atoms with Gasteiger partial charge in [0.15, 0.2) is 0 Å². The largest absolute Gasteiger partial charge is 0.496 e. The molecule has 0 radical (unpaired) electrons. The van der Waals surface area contributed by atoms with Crippen molar-refractivity contribution in [3.8, 4) is 5.75 Å². The van der Waals surface area contributed by atoms with E-state index in [1.165, 1.54) is 5.56 Å². The lowest BCUT2D eigenvalue weighted by atomic mass is 10.0. The van der Waals surface area contributed by atoms with Crippen molar-refractivity contribution in [2.24, 2.45) is 0 Å². The summed E-state index contributed by atoms with van der Waals surface area (Å²) in [4.78, 5) is 0. The maximum Gasteiger partial charge on any atom is 0.124 e. The molecule has 0 bridgehead atoms. The van der Waals surface area contributed by atoms with Crippen LogP contribution in [0.15, 0.2) is 48.5 Å². The standard InChI is InChI=1S/C18H23NO2/c1-13-9-10-18(21-3)16(11-13)17(20)12-19-14(2)15-7-5-4-6-8-15/h4-11,14,17,19-20H,12H2,1-3H3/t14-,17?/m0/s1. The lowest BCUT2D eigenvalue weighted by molar-refractivity contribution is 0.166. The molecule has 21 heavy (non-hydrogen) atoms. The maximum absolute atomic E-state index is 10.4. The fourth-order valence-electron chi connectivity index (χ4n) is 2.37. The van der Waals surface area contributed by atoms with Crippen LogP contribution < -0.4 is 10.1 Å². The quantitative estimate of drug-likeness (QED) is 0.855. The molecule has 0 fully saturated rings. The summed E-state index contributed by atoms with van der Waals surface area (Å²) in [5.74, 6) is 0.724. The van der Waals surface area contributed by atoms with E-state index in [-0.39, 0.29) is 6.04 Å². The molecular formula is C18H23NO2. The average Bonchev–Trinajstić information content (AvgIpc) is 2.53. The molecule has 112 valence electrons. The smallest absolute Gasteiger partial charge is 0.124 e. The van der Waals surface area contributed by atoms with Crippen LogP contribution in [0, 0.1) is 6.92 Å². The van der Waals surface area contributed by atoms with E-state index >= 15 is 0 Å². The number of rotatable bonds is 6. The van der Waals surface area contributed by atoms with Gasteiger partial charge in [-0.05, 0) is 31.5 Å². The van der Waals surface area contributed by atoms with Crippen molar-refractivity contribution in [2.75, 3.05) is 13.7 Å².